The number of methoxy groups -OCH3 is 1. The van der Waals surface area contributed by atoms with Crippen LogP contribution >= 0.6 is 50.3 Å². The van der Waals surface area contributed by atoms with Crippen LogP contribution in [0, 0.1) is 3.57 Å². The van der Waals surface area contributed by atoms with Crippen molar-refractivity contribution in [1.82, 2.24) is 9.80 Å². The van der Waals surface area contributed by atoms with Crippen molar-refractivity contribution >= 4 is 73.4 Å². The Kier molecular flexibility index (Phi) is 8.20. The summed E-state index contributed by atoms with van der Waals surface area (Å²) in [6.07, 6.45) is 3.56. The second-order valence-electron chi connectivity index (χ2n) is 7.81. The van der Waals surface area contributed by atoms with Crippen LogP contribution in [-0.2, 0) is 16.2 Å². The second kappa shape index (κ2) is 11.1. The predicted molar refractivity (Wildman–Crippen MR) is 143 cm³/mol. The molecule has 2 saturated heterocycles. The zero-order chi connectivity index (χ0) is 24.2. The average Bonchev–Trinajstić information content (AvgIpc) is 3.44. The van der Waals surface area contributed by atoms with Gasteiger partial charge in [0.15, 0.2) is 11.5 Å². The predicted octanol–water partition coefficient (Wildman–Crippen LogP) is 5.30. The first-order chi connectivity index (χ1) is 16.4. The molecule has 0 N–H and O–H groups in total. The molecule has 0 radical (unpaired) electrons. The molecule has 2 aromatic carbocycles. The molecule has 2 aromatic rings. The molecule has 2 aliphatic heterocycles. The van der Waals surface area contributed by atoms with E-state index in [2.05, 4.69) is 38.5 Å². The number of hydrogen-bond acceptors (Lipinski definition) is 6. The Morgan fingerprint density at radius 1 is 1.18 bits per heavy atom. The van der Waals surface area contributed by atoms with Crippen LogP contribution in [0.1, 0.15) is 24.0 Å². The zero-order valence-corrected chi connectivity index (χ0v) is 22.9. The molecule has 2 aliphatic rings. The highest BCUT2D eigenvalue weighted by molar-refractivity contribution is 14.1. The molecule has 2 heterocycles. The highest BCUT2D eigenvalue weighted by atomic mass is 127. The third-order valence-electron chi connectivity index (χ3n) is 5.47. The SMILES string of the molecule is COc1cc(/C=C2/SC(=O)N(CC(=O)N3CCCC3)C2=O)cc(I)c1OCc1ccc(Br)cc1. The first-order valence-corrected chi connectivity index (χ1v) is 13.3. The minimum Gasteiger partial charge on any atom is -0.493 e. The van der Waals surface area contributed by atoms with Crippen LogP contribution in [0.2, 0.25) is 0 Å². The summed E-state index contributed by atoms with van der Waals surface area (Å²) in [6, 6.07) is 11.5. The number of rotatable bonds is 7. The van der Waals surface area contributed by atoms with Crippen molar-refractivity contribution in [3.63, 3.8) is 0 Å². The lowest BCUT2D eigenvalue weighted by Crippen LogP contribution is -2.40. The number of carbonyl (C=O) groups excluding carboxylic acids is 3. The lowest BCUT2D eigenvalue weighted by molar-refractivity contribution is -0.135. The molecule has 4 rings (SSSR count). The first kappa shape index (κ1) is 25.1. The van der Waals surface area contributed by atoms with Gasteiger partial charge in [0.25, 0.3) is 11.1 Å². The van der Waals surface area contributed by atoms with Gasteiger partial charge in [-0.3, -0.25) is 19.3 Å². The molecule has 3 amide bonds. The fraction of sp³-hybridized carbons (Fsp3) is 0.292. The van der Waals surface area contributed by atoms with Gasteiger partial charge < -0.3 is 14.4 Å². The molecule has 0 unspecified atom stereocenters. The molecular weight excluding hydrogens is 635 g/mol. The standard InChI is InChI=1S/C24H22BrIN2O5S/c1-32-19-11-16(10-18(26)22(19)33-14-15-4-6-17(25)7-5-15)12-20-23(30)28(24(31)34-20)13-21(29)27-8-2-3-9-27/h4-7,10-12H,2-3,8-9,13-14H2,1H3/b20-12+. The number of likely N-dealkylation sites (tertiary alicyclic amines) is 1. The zero-order valence-electron chi connectivity index (χ0n) is 18.4. The molecule has 7 nitrogen and oxygen atoms in total. The van der Waals surface area contributed by atoms with E-state index in [0.29, 0.717) is 36.8 Å². The highest BCUT2D eigenvalue weighted by Gasteiger charge is 2.37. The number of hydrogen-bond donors (Lipinski definition) is 0. The fourth-order valence-electron chi connectivity index (χ4n) is 3.69. The lowest BCUT2D eigenvalue weighted by atomic mass is 10.1. The molecule has 0 saturated carbocycles. The van der Waals surface area contributed by atoms with E-state index in [9.17, 15) is 14.4 Å². The second-order valence-corrected chi connectivity index (χ2v) is 10.9. The van der Waals surface area contributed by atoms with Gasteiger partial charge in [0.05, 0.1) is 15.6 Å². The minimum absolute atomic E-state index is 0.190. The number of nitrogens with zero attached hydrogens (tertiary/aromatic N) is 2. The summed E-state index contributed by atoms with van der Waals surface area (Å²) in [4.78, 5) is 40.7. The number of halogens is 2. The van der Waals surface area contributed by atoms with Crippen LogP contribution in [0.4, 0.5) is 4.79 Å². The largest absolute Gasteiger partial charge is 0.493 e. The molecule has 0 aliphatic carbocycles. The molecule has 0 aromatic heterocycles. The number of amides is 3. The van der Waals surface area contributed by atoms with E-state index in [4.69, 9.17) is 9.47 Å². The fourth-order valence-corrected chi connectivity index (χ4v) is 5.57. The van der Waals surface area contributed by atoms with Gasteiger partial charge in [-0.05, 0) is 88.7 Å². The van der Waals surface area contributed by atoms with Crippen LogP contribution in [0.15, 0.2) is 45.8 Å². The van der Waals surface area contributed by atoms with Crippen LogP contribution in [0.3, 0.4) is 0 Å². The van der Waals surface area contributed by atoms with Crippen LogP contribution in [0.25, 0.3) is 6.08 Å². The minimum atomic E-state index is -0.452. The normalized spacial score (nSPS) is 17.1. The van der Waals surface area contributed by atoms with Gasteiger partial charge in [-0.25, -0.2) is 0 Å². The number of benzene rings is 2. The molecule has 0 atom stereocenters. The summed E-state index contributed by atoms with van der Waals surface area (Å²) in [7, 11) is 1.56. The number of thioether (sulfide) groups is 1. The van der Waals surface area contributed by atoms with Gasteiger partial charge in [-0.15, -0.1) is 0 Å². The summed E-state index contributed by atoms with van der Waals surface area (Å²) >= 11 is 6.42. The van der Waals surface area contributed by atoms with Gasteiger partial charge in [0.1, 0.15) is 13.2 Å². The maximum Gasteiger partial charge on any atom is 0.294 e. The van der Waals surface area contributed by atoms with Crippen molar-refractivity contribution in [2.75, 3.05) is 26.7 Å². The van der Waals surface area contributed by atoms with E-state index in [1.807, 2.05) is 30.3 Å². The van der Waals surface area contributed by atoms with Crippen LogP contribution < -0.4 is 9.47 Å². The van der Waals surface area contributed by atoms with Gasteiger partial charge in [-0.1, -0.05) is 28.1 Å². The summed E-state index contributed by atoms with van der Waals surface area (Å²) in [6.45, 7) is 1.52. The monoisotopic (exact) mass is 656 g/mol. The van der Waals surface area contributed by atoms with Gasteiger partial charge in [-0.2, -0.15) is 0 Å². The summed E-state index contributed by atoms with van der Waals surface area (Å²) in [5.41, 5.74) is 1.72. The molecular formula is C24H22BrIN2O5S. The Morgan fingerprint density at radius 2 is 1.88 bits per heavy atom. The molecule has 0 bridgehead atoms. The summed E-state index contributed by atoms with van der Waals surface area (Å²) in [5.74, 6) is 0.489. The average molecular weight is 657 g/mol. The quantitative estimate of drug-likeness (QED) is 0.298. The van der Waals surface area contributed by atoms with Gasteiger partial charge in [0.2, 0.25) is 5.91 Å². The highest BCUT2D eigenvalue weighted by Crippen LogP contribution is 2.37. The summed E-state index contributed by atoms with van der Waals surface area (Å²) in [5, 5.41) is -0.431. The van der Waals surface area contributed by atoms with Crippen molar-refractivity contribution in [2.45, 2.75) is 19.4 Å². The van der Waals surface area contributed by atoms with Crippen molar-refractivity contribution in [3.8, 4) is 11.5 Å². The molecule has 34 heavy (non-hydrogen) atoms. The van der Waals surface area contributed by atoms with E-state index in [0.717, 1.165) is 43.1 Å². The van der Waals surface area contributed by atoms with Crippen molar-refractivity contribution < 1.29 is 23.9 Å². The maximum absolute atomic E-state index is 12.8. The first-order valence-electron chi connectivity index (χ1n) is 10.6. The molecule has 178 valence electrons. The van der Waals surface area contributed by atoms with Crippen molar-refractivity contribution in [3.05, 3.63) is 60.5 Å². The number of carbonyl (C=O) groups is 3. The Hall–Kier alpha value is -2.05. The van der Waals surface area contributed by atoms with E-state index >= 15 is 0 Å². The third kappa shape index (κ3) is 5.77. The Balaban J connectivity index is 1.49. The van der Waals surface area contributed by atoms with E-state index in [1.54, 1.807) is 24.2 Å². The molecule has 2 fully saturated rings. The number of imide groups is 1. The topological polar surface area (TPSA) is 76.2 Å². The molecule has 10 heteroatoms. The smallest absolute Gasteiger partial charge is 0.294 e. The molecule has 0 spiro atoms. The summed E-state index contributed by atoms with van der Waals surface area (Å²) < 4.78 is 13.4. The van der Waals surface area contributed by atoms with Crippen LogP contribution in [-0.4, -0.2) is 53.6 Å². The van der Waals surface area contributed by atoms with Crippen molar-refractivity contribution in [2.24, 2.45) is 0 Å². The van der Waals surface area contributed by atoms with Gasteiger partial charge >= 0.3 is 0 Å². The Morgan fingerprint density at radius 3 is 2.56 bits per heavy atom. The maximum atomic E-state index is 12.8. The number of ether oxygens (including phenoxy) is 2. The Bertz CT molecular complexity index is 1150. The third-order valence-corrected chi connectivity index (χ3v) is 7.71. The van der Waals surface area contributed by atoms with Crippen molar-refractivity contribution in [1.29, 1.82) is 0 Å². The van der Waals surface area contributed by atoms with Gasteiger partial charge in [0, 0.05) is 17.6 Å². The van der Waals surface area contributed by atoms with E-state index < -0.39 is 11.1 Å². The van der Waals surface area contributed by atoms with E-state index in [1.165, 1.54) is 0 Å². The Labute approximate surface area is 224 Å². The van der Waals surface area contributed by atoms with E-state index in [-0.39, 0.29) is 17.4 Å². The lowest BCUT2D eigenvalue weighted by Gasteiger charge is -2.18. The van der Waals surface area contributed by atoms with Crippen LogP contribution in [0.5, 0.6) is 11.5 Å².